The second-order valence-corrected chi connectivity index (χ2v) is 4.31. The molecule has 0 radical (unpaired) electrons. The molecule has 2 rings (SSSR count). The molecule has 0 bridgehead atoms. The molecule has 0 nitrogen and oxygen atoms in total. The first-order valence-electron chi connectivity index (χ1n) is 8.23. The molecule has 0 heteroatoms. The number of aryl methyl sites for hydroxylation is 4. The summed E-state index contributed by atoms with van der Waals surface area (Å²) >= 11 is 0. The van der Waals surface area contributed by atoms with Crippen LogP contribution in [0, 0.1) is 20.7 Å². The summed E-state index contributed by atoms with van der Waals surface area (Å²) in [4.78, 5) is 0. The number of hydrogen-bond donors (Lipinski definition) is 0. The molecule has 0 saturated heterocycles. The van der Waals surface area contributed by atoms with E-state index in [9.17, 15) is 0 Å². The van der Waals surface area contributed by atoms with Crippen LogP contribution in [0.15, 0.2) is 36.4 Å². The summed E-state index contributed by atoms with van der Waals surface area (Å²) in [6.07, 6.45) is -1.37. The van der Waals surface area contributed by atoms with Crippen LogP contribution in [0.1, 0.15) is 36.0 Å². The molecule has 2 aromatic rings. The minimum absolute atomic E-state index is 0.341. The van der Waals surface area contributed by atoms with Gasteiger partial charge >= 0.3 is 0 Å². The molecule has 0 atom stereocenters. The van der Waals surface area contributed by atoms with E-state index in [1.807, 2.05) is 32.0 Å². The molecule has 0 saturated carbocycles. The van der Waals surface area contributed by atoms with Crippen molar-refractivity contribution in [2.24, 2.45) is 0 Å². The highest BCUT2D eigenvalue weighted by molar-refractivity contribution is 5.71. The first-order chi connectivity index (χ1) is 10.00. The van der Waals surface area contributed by atoms with Crippen LogP contribution in [-0.4, -0.2) is 0 Å². The van der Waals surface area contributed by atoms with Crippen molar-refractivity contribution in [2.45, 2.75) is 34.0 Å². The summed E-state index contributed by atoms with van der Waals surface area (Å²) in [6, 6.07) is 10.7. The summed E-state index contributed by atoms with van der Waals surface area (Å²) in [5.41, 5.74) is 4.85. The van der Waals surface area contributed by atoms with E-state index in [4.69, 9.17) is 6.85 Å². The smallest absolute Gasteiger partial charge is 0.0313 e. The molecule has 0 amide bonds. The second kappa shape index (κ2) is 4.75. The maximum atomic E-state index is 7.79. The van der Waals surface area contributed by atoms with Gasteiger partial charge in [0.25, 0.3) is 0 Å². The summed E-state index contributed by atoms with van der Waals surface area (Å²) in [6.45, 7) is 3.29. The monoisotopic (exact) mass is 229 g/mol. The van der Waals surface area contributed by atoms with Gasteiger partial charge in [-0.25, -0.2) is 0 Å². The summed E-state index contributed by atoms with van der Waals surface area (Å²) in [7, 11) is 0. The molecule has 0 aromatic heterocycles. The van der Waals surface area contributed by atoms with Crippen LogP contribution >= 0.6 is 0 Å². The van der Waals surface area contributed by atoms with Gasteiger partial charge in [-0.15, -0.1) is 0 Å². The Bertz CT molecular complexity index is 632. The molecule has 17 heavy (non-hydrogen) atoms. The van der Waals surface area contributed by atoms with Crippen LogP contribution in [0.5, 0.6) is 0 Å². The summed E-state index contributed by atoms with van der Waals surface area (Å²) in [5.74, 6) is 0. The molecule has 0 unspecified atom stereocenters. The number of rotatable bonds is 2. The Labute approximate surface area is 111 Å². The molecular formula is C17H20. The molecule has 0 N–H and O–H groups in total. The van der Waals surface area contributed by atoms with Crippen LogP contribution in [0.25, 0.3) is 11.1 Å². The van der Waals surface area contributed by atoms with E-state index in [1.54, 1.807) is 18.2 Å². The Morgan fingerprint density at radius 3 is 2.18 bits per heavy atom. The average molecular weight is 229 g/mol. The molecule has 0 heterocycles. The predicted octanol–water partition coefficient (Wildman–Crippen LogP) is 4.84. The van der Waals surface area contributed by atoms with Gasteiger partial charge in [0.1, 0.15) is 0 Å². The zero-order valence-corrected chi connectivity index (χ0v) is 10.5. The van der Waals surface area contributed by atoms with Crippen LogP contribution in [-0.2, 0) is 6.37 Å². The van der Waals surface area contributed by atoms with Crippen molar-refractivity contribution in [1.82, 2.24) is 0 Å². The normalized spacial score (nSPS) is 16.5. The van der Waals surface area contributed by atoms with Crippen molar-refractivity contribution in [1.29, 1.82) is 0 Å². The topological polar surface area (TPSA) is 0 Å². The molecule has 0 aliphatic rings. The van der Waals surface area contributed by atoms with Crippen LogP contribution < -0.4 is 0 Å². The quantitative estimate of drug-likeness (QED) is 0.691. The van der Waals surface area contributed by atoms with Crippen molar-refractivity contribution in [3.05, 3.63) is 58.7 Å². The highest BCUT2D eigenvalue weighted by atomic mass is 14.1. The van der Waals surface area contributed by atoms with E-state index in [-0.39, 0.29) is 0 Å². The Morgan fingerprint density at radius 1 is 1.00 bits per heavy atom. The van der Waals surface area contributed by atoms with E-state index in [0.29, 0.717) is 11.1 Å². The van der Waals surface area contributed by atoms with Crippen molar-refractivity contribution in [3.8, 4) is 11.1 Å². The van der Waals surface area contributed by atoms with Gasteiger partial charge < -0.3 is 0 Å². The third-order valence-corrected chi connectivity index (χ3v) is 3.03. The summed E-state index contributed by atoms with van der Waals surface area (Å²) < 4.78 is 38.0. The van der Waals surface area contributed by atoms with Crippen LogP contribution in [0.4, 0.5) is 0 Å². The van der Waals surface area contributed by atoms with Crippen LogP contribution in [0.3, 0.4) is 0 Å². The largest absolute Gasteiger partial charge is 0.0613 e. The van der Waals surface area contributed by atoms with Crippen molar-refractivity contribution >= 4 is 0 Å². The highest BCUT2D eigenvalue weighted by Gasteiger charge is 2.05. The standard InChI is InChI=1S/C17H20/c1-5-15-7-9-17(14(4)11-15)16-8-6-12(2)10-13(16)3/h6-11H,5H2,1-4H3/i2D3,5D2. The Hall–Kier alpha value is -1.56. The molecule has 0 spiro atoms. The predicted molar refractivity (Wildman–Crippen MR) is 75.5 cm³/mol. The third kappa shape index (κ3) is 2.41. The third-order valence-electron chi connectivity index (χ3n) is 3.03. The molecule has 0 aliphatic heterocycles. The van der Waals surface area contributed by atoms with E-state index >= 15 is 0 Å². The lowest BCUT2D eigenvalue weighted by molar-refractivity contribution is 1.13. The Balaban J connectivity index is 2.49. The minimum Gasteiger partial charge on any atom is -0.0613 e. The van der Waals surface area contributed by atoms with Crippen molar-refractivity contribution in [3.63, 3.8) is 0 Å². The second-order valence-electron chi connectivity index (χ2n) is 4.31. The zero-order valence-electron chi connectivity index (χ0n) is 15.5. The van der Waals surface area contributed by atoms with Gasteiger partial charge in [-0.1, -0.05) is 48.9 Å². The van der Waals surface area contributed by atoms with Gasteiger partial charge in [-0.05, 0) is 54.9 Å². The Morgan fingerprint density at radius 2 is 1.65 bits per heavy atom. The fourth-order valence-corrected chi connectivity index (χ4v) is 2.09. The fraction of sp³-hybridized carbons (Fsp3) is 0.294. The van der Waals surface area contributed by atoms with Gasteiger partial charge in [-0.2, -0.15) is 0 Å². The molecule has 0 aliphatic carbocycles. The van der Waals surface area contributed by atoms with Gasteiger partial charge in [-0.3, -0.25) is 0 Å². The van der Waals surface area contributed by atoms with Gasteiger partial charge in [0.15, 0.2) is 0 Å². The Kier molecular flexibility index (Phi) is 1.96. The minimum atomic E-state index is -2.10. The van der Waals surface area contributed by atoms with Gasteiger partial charge in [0, 0.05) is 6.85 Å². The van der Waals surface area contributed by atoms with E-state index < -0.39 is 13.2 Å². The SMILES string of the molecule is [2H]C([2H])([2H])c1ccc(-c2ccc(C([2H])([2H])C)cc2C)c(C)c1. The lowest BCUT2D eigenvalue weighted by Crippen LogP contribution is -1.90. The number of benzene rings is 2. The lowest BCUT2D eigenvalue weighted by Gasteiger charge is -2.11. The molecule has 0 fully saturated rings. The highest BCUT2D eigenvalue weighted by Crippen LogP contribution is 2.28. The summed E-state index contributed by atoms with van der Waals surface area (Å²) in [5, 5.41) is 0. The van der Waals surface area contributed by atoms with E-state index in [1.165, 1.54) is 6.92 Å². The van der Waals surface area contributed by atoms with Gasteiger partial charge in [0.2, 0.25) is 0 Å². The molecule has 88 valence electrons. The maximum absolute atomic E-state index is 7.79. The lowest BCUT2D eigenvalue weighted by atomic mass is 9.94. The average Bonchev–Trinajstić information content (AvgIpc) is 2.37. The van der Waals surface area contributed by atoms with Crippen molar-refractivity contribution in [2.75, 3.05) is 0 Å². The molecule has 2 aromatic carbocycles. The number of hydrogen-bond acceptors (Lipinski definition) is 0. The first-order valence-corrected chi connectivity index (χ1v) is 5.73. The molecular weight excluding hydrogens is 204 g/mol. The van der Waals surface area contributed by atoms with Crippen molar-refractivity contribution < 1.29 is 6.85 Å². The maximum Gasteiger partial charge on any atom is 0.0313 e. The first kappa shape index (κ1) is 7.00. The van der Waals surface area contributed by atoms with Gasteiger partial charge in [0.05, 0.1) is 0 Å². The fourth-order valence-electron chi connectivity index (χ4n) is 2.09. The van der Waals surface area contributed by atoms with E-state index in [2.05, 4.69) is 0 Å². The van der Waals surface area contributed by atoms with E-state index in [0.717, 1.165) is 22.3 Å². The van der Waals surface area contributed by atoms with Crippen LogP contribution in [0.2, 0.25) is 0 Å². The zero-order chi connectivity index (χ0) is 16.7.